The Labute approximate surface area is 191 Å². The predicted molar refractivity (Wildman–Crippen MR) is 129 cm³/mol. The van der Waals surface area contributed by atoms with E-state index in [0.29, 0.717) is 16.7 Å². The number of para-hydroxylation sites is 3. The lowest BCUT2D eigenvalue weighted by Gasteiger charge is -2.13. The van der Waals surface area contributed by atoms with E-state index >= 15 is 0 Å². The van der Waals surface area contributed by atoms with Crippen molar-refractivity contribution < 1.29 is 9.53 Å². The van der Waals surface area contributed by atoms with Gasteiger partial charge in [0.25, 0.3) is 0 Å². The Morgan fingerprint density at radius 3 is 2.34 bits per heavy atom. The summed E-state index contributed by atoms with van der Waals surface area (Å²) in [5.41, 5.74) is 4.68. The molecule has 0 aliphatic heterocycles. The van der Waals surface area contributed by atoms with Crippen LogP contribution in [-0.2, 0) is 4.79 Å². The van der Waals surface area contributed by atoms with E-state index in [0.717, 1.165) is 28.1 Å². The fourth-order valence-electron chi connectivity index (χ4n) is 3.49. The first-order valence-corrected chi connectivity index (χ1v) is 11.2. The van der Waals surface area contributed by atoms with Crippen LogP contribution in [0.3, 0.4) is 0 Å². The van der Waals surface area contributed by atoms with E-state index < -0.39 is 0 Å². The lowest BCUT2D eigenvalue weighted by molar-refractivity contribution is -0.113. The van der Waals surface area contributed by atoms with E-state index in [4.69, 9.17) is 4.74 Å². The number of benzene rings is 3. The van der Waals surface area contributed by atoms with Gasteiger partial charge in [-0.25, -0.2) is 0 Å². The maximum absolute atomic E-state index is 12.7. The molecule has 0 fully saturated rings. The molecular formula is C25H24N4O2S. The predicted octanol–water partition coefficient (Wildman–Crippen LogP) is 5.29. The Balaban J connectivity index is 1.63. The molecule has 0 saturated carbocycles. The Morgan fingerprint density at radius 2 is 1.62 bits per heavy atom. The number of aryl methyl sites for hydroxylation is 2. The van der Waals surface area contributed by atoms with Crippen LogP contribution in [0, 0.1) is 13.8 Å². The number of carbonyl (C=O) groups is 1. The first-order valence-electron chi connectivity index (χ1n) is 10.2. The van der Waals surface area contributed by atoms with Gasteiger partial charge in [0.2, 0.25) is 5.91 Å². The number of aromatic nitrogens is 3. The zero-order chi connectivity index (χ0) is 22.5. The summed E-state index contributed by atoms with van der Waals surface area (Å²) in [5.74, 6) is 1.49. The van der Waals surface area contributed by atoms with Gasteiger partial charge >= 0.3 is 0 Å². The van der Waals surface area contributed by atoms with Crippen molar-refractivity contribution in [2.75, 3.05) is 18.2 Å². The lowest BCUT2D eigenvalue weighted by Crippen LogP contribution is -2.16. The Kier molecular flexibility index (Phi) is 6.56. The first-order chi connectivity index (χ1) is 15.6. The largest absolute Gasteiger partial charge is 0.496 e. The Bertz CT molecular complexity index is 1220. The molecule has 0 aliphatic rings. The van der Waals surface area contributed by atoms with E-state index in [-0.39, 0.29) is 11.7 Å². The molecule has 0 spiro atoms. The summed E-state index contributed by atoms with van der Waals surface area (Å²) in [6.07, 6.45) is 0. The second-order valence-corrected chi connectivity index (χ2v) is 8.22. The van der Waals surface area contributed by atoms with E-state index in [1.54, 1.807) is 7.11 Å². The van der Waals surface area contributed by atoms with Crippen molar-refractivity contribution in [3.05, 3.63) is 83.9 Å². The number of nitrogens with one attached hydrogen (secondary N) is 1. The van der Waals surface area contributed by atoms with E-state index in [1.807, 2.05) is 91.2 Å². The third-order valence-electron chi connectivity index (χ3n) is 5.07. The normalized spacial score (nSPS) is 10.7. The smallest absolute Gasteiger partial charge is 0.234 e. The van der Waals surface area contributed by atoms with Crippen LogP contribution in [0.25, 0.3) is 17.1 Å². The number of carbonyl (C=O) groups excluding carboxylic acids is 1. The van der Waals surface area contributed by atoms with Crippen molar-refractivity contribution in [3.8, 4) is 22.8 Å². The highest BCUT2D eigenvalue weighted by Crippen LogP contribution is 2.33. The van der Waals surface area contributed by atoms with Gasteiger partial charge in [0, 0.05) is 11.4 Å². The Hall–Kier alpha value is -3.58. The minimum Gasteiger partial charge on any atom is -0.496 e. The number of anilines is 1. The molecule has 0 bridgehead atoms. The molecular weight excluding hydrogens is 420 g/mol. The molecule has 7 heteroatoms. The molecule has 1 heterocycles. The number of nitrogens with zero attached hydrogens (tertiary/aromatic N) is 3. The number of amides is 1. The summed E-state index contributed by atoms with van der Waals surface area (Å²) in [4.78, 5) is 12.7. The van der Waals surface area contributed by atoms with E-state index in [1.165, 1.54) is 11.8 Å². The van der Waals surface area contributed by atoms with Crippen molar-refractivity contribution in [1.82, 2.24) is 14.8 Å². The van der Waals surface area contributed by atoms with Gasteiger partial charge < -0.3 is 10.1 Å². The summed E-state index contributed by atoms with van der Waals surface area (Å²) < 4.78 is 7.49. The zero-order valence-electron chi connectivity index (χ0n) is 18.2. The van der Waals surface area contributed by atoms with Gasteiger partial charge in [-0.05, 0) is 49.2 Å². The van der Waals surface area contributed by atoms with Gasteiger partial charge in [-0.3, -0.25) is 9.36 Å². The molecule has 6 nitrogen and oxygen atoms in total. The molecule has 3 aromatic carbocycles. The van der Waals surface area contributed by atoms with Crippen LogP contribution in [0.2, 0.25) is 0 Å². The van der Waals surface area contributed by atoms with E-state index in [2.05, 4.69) is 15.5 Å². The van der Waals surface area contributed by atoms with Gasteiger partial charge in [-0.15, -0.1) is 10.2 Å². The van der Waals surface area contributed by atoms with Crippen LogP contribution in [0.1, 0.15) is 11.1 Å². The maximum atomic E-state index is 12.7. The van der Waals surface area contributed by atoms with Crippen molar-refractivity contribution in [3.63, 3.8) is 0 Å². The van der Waals surface area contributed by atoms with Crippen LogP contribution < -0.4 is 10.1 Å². The average Bonchev–Trinajstić information content (AvgIpc) is 3.24. The quantitative estimate of drug-likeness (QED) is 0.392. The molecule has 0 aliphatic carbocycles. The summed E-state index contributed by atoms with van der Waals surface area (Å²) in [7, 11) is 1.63. The van der Waals surface area contributed by atoms with Crippen LogP contribution >= 0.6 is 11.8 Å². The molecule has 0 radical (unpaired) electrons. The molecule has 162 valence electrons. The third kappa shape index (κ3) is 4.53. The fourth-order valence-corrected chi connectivity index (χ4v) is 4.25. The number of hydrogen-bond donors (Lipinski definition) is 1. The highest BCUT2D eigenvalue weighted by molar-refractivity contribution is 7.99. The second-order valence-electron chi connectivity index (χ2n) is 7.28. The topological polar surface area (TPSA) is 69.0 Å². The molecule has 32 heavy (non-hydrogen) atoms. The van der Waals surface area contributed by atoms with Crippen molar-refractivity contribution in [2.45, 2.75) is 19.0 Å². The summed E-state index contributed by atoms with van der Waals surface area (Å²) in [6, 6.07) is 23.5. The molecule has 1 amide bonds. The van der Waals surface area contributed by atoms with Crippen molar-refractivity contribution in [2.24, 2.45) is 0 Å². The molecule has 4 rings (SSSR count). The van der Waals surface area contributed by atoms with Crippen LogP contribution in [0.4, 0.5) is 5.69 Å². The number of ether oxygens (including phenoxy) is 1. The molecule has 4 aromatic rings. The van der Waals surface area contributed by atoms with E-state index in [9.17, 15) is 4.79 Å². The highest BCUT2D eigenvalue weighted by Gasteiger charge is 2.20. The monoisotopic (exact) mass is 444 g/mol. The standard InChI is InChI=1S/C25H24N4O2S/c1-17-10-9-11-18(2)23(17)26-22(30)16-32-25-28-27-24(20-14-7-8-15-21(20)31-3)29(25)19-12-5-4-6-13-19/h4-15H,16H2,1-3H3,(H,26,30). The molecule has 0 saturated heterocycles. The highest BCUT2D eigenvalue weighted by atomic mass is 32.2. The minimum atomic E-state index is -0.0890. The lowest BCUT2D eigenvalue weighted by atomic mass is 10.1. The first kappa shape index (κ1) is 21.6. The molecule has 0 atom stereocenters. The SMILES string of the molecule is COc1ccccc1-c1nnc(SCC(=O)Nc2c(C)cccc2C)n1-c1ccccc1. The van der Waals surface area contributed by atoms with Gasteiger partial charge in [0.05, 0.1) is 18.4 Å². The van der Waals surface area contributed by atoms with Gasteiger partial charge in [0.1, 0.15) is 5.75 Å². The summed E-state index contributed by atoms with van der Waals surface area (Å²) in [6.45, 7) is 3.97. The molecule has 1 N–H and O–H groups in total. The van der Waals surface area contributed by atoms with Crippen molar-refractivity contribution in [1.29, 1.82) is 0 Å². The van der Waals surface area contributed by atoms with Gasteiger partial charge in [0.15, 0.2) is 11.0 Å². The van der Waals surface area contributed by atoms with Gasteiger partial charge in [-0.1, -0.05) is 60.3 Å². The summed E-state index contributed by atoms with van der Waals surface area (Å²) >= 11 is 1.35. The zero-order valence-corrected chi connectivity index (χ0v) is 19.0. The summed E-state index contributed by atoms with van der Waals surface area (Å²) in [5, 5.41) is 12.5. The number of thioether (sulfide) groups is 1. The average molecular weight is 445 g/mol. The minimum absolute atomic E-state index is 0.0890. The molecule has 1 aromatic heterocycles. The second kappa shape index (κ2) is 9.70. The Morgan fingerprint density at radius 1 is 0.938 bits per heavy atom. The van der Waals surface area contributed by atoms with Crippen molar-refractivity contribution >= 4 is 23.4 Å². The number of methoxy groups -OCH3 is 1. The maximum Gasteiger partial charge on any atom is 0.234 e. The third-order valence-corrected chi connectivity index (χ3v) is 6.00. The van der Waals surface area contributed by atoms with Crippen LogP contribution in [-0.4, -0.2) is 33.5 Å². The van der Waals surface area contributed by atoms with Gasteiger partial charge in [-0.2, -0.15) is 0 Å². The number of rotatable bonds is 7. The molecule has 0 unspecified atom stereocenters. The van der Waals surface area contributed by atoms with Crippen LogP contribution in [0.15, 0.2) is 78.0 Å². The van der Waals surface area contributed by atoms with Crippen LogP contribution in [0.5, 0.6) is 5.75 Å². The fraction of sp³-hybridized carbons (Fsp3) is 0.160. The number of hydrogen-bond acceptors (Lipinski definition) is 5.